The van der Waals surface area contributed by atoms with Crippen molar-refractivity contribution in [2.75, 3.05) is 24.7 Å². The number of para-hydroxylation sites is 1. The van der Waals surface area contributed by atoms with Crippen LogP contribution in [0.5, 0.6) is 11.5 Å². The molecule has 1 aromatic carbocycles. The predicted molar refractivity (Wildman–Crippen MR) is 94.6 cm³/mol. The molecule has 3 rings (SSSR count). The van der Waals surface area contributed by atoms with E-state index in [2.05, 4.69) is 4.98 Å². The summed E-state index contributed by atoms with van der Waals surface area (Å²) in [5, 5.41) is 10.9. The van der Waals surface area contributed by atoms with Crippen molar-refractivity contribution in [1.29, 1.82) is 0 Å². The Bertz CT molecular complexity index is 824. The number of carbonyl (C=O) groups excluding carboxylic acids is 1. The first kappa shape index (κ1) is 17.7. The zero-order chi connectivity index (χ0) is 18.5. The van der Waals surface area contributed by atoms with Crippen LogP contribution in [0.4, 0.5) is 11.6 Å². The molecule has 1 aliphatic heterocycles. The molecule has 0 saturated carbocycles. The Hall–Kier alpha value is -3.16. The third-order valence-electron chi connectivity index (χ3n) is 4.05. The van der Waals surface area contributed by atoms with Gasteiger partial charge in [-0.2, -0.15) is 0 Å². The molecule has 8 nitrogen and oxygen atoms in total. The van der Waals surface area contributed by atoms with Crippen LogP contribution in [0.15, 0.2) is 36.4 Å². The smallest absolute Gasteiger partial charge is 0.366 e. The molecule has 2 heterocycles. The summed E-state index contributed by atoms with van der Waals surface area (Å²) < 4.78 is 11.0. The molecule has 26 heavy (non-hydrogen) atoms. The minimum atomic E-state index is -0.590. The lowest BCUT2D eigenvalue weighted by atomic mass is 10.2. The first-order valence-corrected chi connectivity index (χ1v) is 8.33. The second-order valence-electron chi connectivity index (χ2n) is 5.90. The topological polar surface area (TPSA) is 94.8 Å². The summed E-state index contributed by atoms with van der Waals surface area (Å²) in [4.78, 5) is 27.9. The van der Waals surface area contributed by atoms with Crippen LogP contribution in [0.25, 0.3) is 0 Å². The van der Waals surface area contributed by atoms with Gasteiger partial charge in [0.15, 0.2) is 12.4 Å². The highest BCUT2D eigenvalue weighted by atomic mass is 16.6. The number of anilines is 1. The predicted octanol–water partition coefficient (Wildman–Crippen LogP) is 2.88. The van der Waals surface area contributed by atoms with Crippen LogP contribution in [0.3, 0.4) is 0 Å². The lowest BCUT2D eigenvalue weighted by Crippen LogP contribution is -2.40. The lowest BCUT2D eigenvalue weighted by Gasteiger charge is -2.25. The molecular formula is C18H19N3O5. The number of nitro groups is 1. The summed E-state index contributed by atoms with van der Waals surface area (Å²) in [5.74, 6) is 0.861. The van der Waals surface area contributed by atoms with Gasteiger partial charge >= 0.3 is 5.82 Å². The number of hydrogen-bond donors (Lipinski definition) is 0. The van der Waals surface area contributed by atoms with E-state index >= 15 is 0 Å². The summed E-state index contributed by atoms with van der Waals surface area (Å²) in [6.07, 6.45) is 1.42. The van der Waals surface area contributed by atoms with Crippen molar-refractivity contribution >= 4 is 17.5 Å². The molecule has 8 heteroatoms. The number of hydrogen-bond acceptors (Lipinski definition) is 6. The second kappa shape index (κ2) is 7.81. The number of amides is 1. The van der Waals surface area contributed by atoms with Crippen molar-refractivity contribution in [1.82, 2.24) is 4.98 Å². The summed E-state index contributed by atoms with van der Waals surface area (Å²) in [5.41, 5.74) is 1.07. The Morgan fingerprint density at radius 3 is 2.85 bits per heavy atom. The molecule has 0 atom stereocenters. The maximum atomic E-state index is 12.1. The molecule has 1 aromatic heterocycles. The van der Waals surface area contributed by atoms with E-state index in [1.807, 2.05) is 31.2 Å². The number of fused-ring (bicyclic) bond motifs is 1. The average molecular weight is 357 g/mol. The number of aromatic nitrogens is 1. The van der Waals surface area contributed by atoms with Crippen LogP contribution in [0, 0.1) is 17.0 Å². The monoisotopic (exact) mass is 357 g/mol. The largest absolute Gasteiger partial charge is 0.493 e. The Balaban J connectivity index is 1.58. The number of unbranched alkanes of at least 4 members (excludes halogenated alkanes) is 1. The van der Waals surface area contributed by atoms with Crippen molar-refractivity contribution in [3.8, 4) is 11.5 Å². The highest BCUT2D eigenvalue weighted by Crippen LogP contribution is 2.32. The molecule has 0 saturated heterocycles. The number of pyridine rings is 1. The fourth-order valence-electron chi connectivity index (χ4n) is 2.67. The van der Waals surface area contributed by atoms with Crippen molar-refractivity contribution in [2.45, 2.75) is 19.8 Å². The summed E-state index contributed by atoms with van der Waals surface area (Å²) >= 11 is 0. The average Bonchev–Trinajstić information content (AvgIpc) is 2.64. The zero-order valence-corrected chi connectivity index (χ0v) is 14.4. The summed E-state index contributed by atoms with van der Waals surface area (Å²) in [7, 11) is 0. The van der Waals surface area contributed by atoms with Gasteiger partial charge in [0.05, 0.1) is 6.61 Å². The number of ether oxygens (including phenoxy) is 2. The van der Waals surface area contributed by atoms with Crippen LogP contribution in [-0.2, 0) is 4.79 Å². The molecule has 0 N–H and O–H groups in total. The first-order valence-electron chi connectivity index (χ1n) is 8.33. The molecule has 0 radical (unpaired) electrons. The SMILES string of the molecule is Cc1ccccc1OCCCCN1C(=O)COc2ccc([N+](=O)[O-])nc21. The molecule has 136 valence electrons. The standard InChI is InChI=1S/C18H19N3O5/c1-13-6-2-3-7-14(13)25-11-5-4-10-20-17(22)12-26-15-8-9-16(21(23)24)19-18(15)20/h2-3,6-9H,4-5,10-12H2,1H3. The Morgan fingerprint density at radius 2 is 2.08 bits per heavy atom. The molecule has 1 aliphatic rings. The normalized spacial score (nSPS) is 13.1. The second-order valence-corrected chi connectivity index (χ2v) is 5.90. The Labute approximate surface area is 150 Å². The van der Waals surface area contributed by atoms with Crippen molar-refractivity contribution < 1.29 is 19.2 Å². The van der Waals surface area contributed by atoms with E-state index in [1.165, 1.54) is 17.0 Å². The molecule has 0 bridgehead atoms. The van der Waals surface area contributed by atoms with Crippen molar-refractivity contribution in [3.05, 3.63) is 52.1 Å². The molecule has 2 aromatic rings. The minimum Gasteiger partial charge on any atom is -0.493 e. The fourth-order valence-corrected chi connectivity index (χ4v) is 2.67. The molecule has 0 unspecified atom stereocenters. The van der Waals surface area contributed by atoms with E-state index < -0.39 is 4.92 Å². The van der Waals surface area contributed by atoms with E-state index in [9.17, 15) is 14.9 Å². The number of nitrogens with zero attached hydrogens (tertiary/aromatic N) is 3. The van der Waals surface area contributed by atoms with E-state index in [-0.39, 0.29) is 24.1 Å². The van der Waals surface area contributed by atoms with Gasteiger partial charge in [-0.05, 0) is 47.4 Å². The van der Waals surface area contributed by atoms with Crippen molar-refractivity contribution in [2.24, 2.45) is 0 Å². The van der Waals surface area contributed by atoms with Gasteiger partial charge in [-0.15, -0.1) is 0 Å². The summed E-state index contributed by atoms with van der Waals surface area (Å²) in [6.45, 7) is 2.82. The van der Waals surface area contributed by atoms with Gasteiger partial charge in [0.1, 0.15) is 5.75 Å². The maximum Gasteiger partial charge on any atom is 0.366 e. The van der Waals surface area contributed by atoms with E-state index in [0.717, 1.165) is 17.7 Å². The van der Waals surface area contributed by atoms with E-state index in [1.54, 1.807) is 0 Å². The molecule has 0 fully saturated rings. The van der Waals surface area contributed by atoms with Gasteiger partial charge in [0.2, 0.25) is 0 Å². The third kappa shape index (κ3) is 3.90. The Kier molecular flexibility index (Phi) is 5.31. The third-order valence-corrected chi connectivity index (χ3v) is 4.05. The first-order chi connectivity index (χ1) is 12.6. The van der Waals surface area contributed by atoms with Crippen LogP contribution < -0.4 is 14.4 Å². The molecule has 0 spiro atoms. The van der Waals surface area contributed by atoms with Gasteiger partial charge in [0, 0.05) is 12.6 Å². The van der Waals surface area contributed by atoms with Gasteiger partial charge in [-0.1, -0.05) is 18.2 Å². The highest BCUT2D eigenvalue weighted by Gasteiger charge is 2.31. The number of carbonyl (C=O) groups is 1. The zero-order valence-electron chi connectivity index (χ0n) is 14.4. The van der Waals surface area contributed by atoms with E-state index in [4.69, 9.17) is 9.47 Å². The van der Waals surface area contributed by atoms with Gasteiger partial charge in [0.25, 0.3) is 11.7 Å². The van der Waals surface area contributed by atoms with Crippen LogP contribution in [0.2, 0.25) is 0 Å². The molecule has 0 aliphatic carbocycles. The number of rotatable bonds is 7. The molecule has 1 amide bonds. The highest BCUT2D eigenvalue weighted by molar-refractivity contribution is 5.96. The number of aryl methyl sites for hydroxylation is 1. The Morgan fingerprint density at radius 1 is 1.27 bits per heavy atom. The maximum absolute atomic E-state index is 12.1. The molecular weight excluding hydrogens is 338 g/mol. The van der Waals surface area contributed by atoms with Crippen molar-refractivity contribution in [3.63, 3.8) is 0 Å². The van der Waals surface area contributed by atoms with Gasteiger partial charge in [-0.3, -0.25) is 9.69 Å². The number of benzene rings is 1. The van der Waals surface area contributed by atoms with Crippen LogP contribution >= 0.6 is 0 Å². The fraction of sp³-hybridized carbons (Fsp3) is 0.333. The quantitative estimate of drug-likeness (QED) is 0.430. The van der Waals surface area contributed by atoms with E-state index in [0.29, 0.717) is 25.3 Å². The van der Waals surface area contributed by atoms with Gasteiger partial charge in [-0.25, -0.2) is 0 Å². The lowest BCUT2D eigenvalue weighted by molar-refractivity contribution is -0.389. The minimum absolute atomic E-state index is 0.0911. The summed E-state index contributed by atoms with van der Waals surface area (Å²) in [6, 6.07) is 10.5. The van der Waals surface area contributed by atoms with Crippen LogP contribution in [0.1, 0.15) is 18.4 Å². The van der Waals surface area contributed by atoms with Gasteiger partial charge < -0.3 is 19.6 Å². The van der Waals surface area contributed by atoms with Crippen LogP contribution in [-0.4, -0.2) is 35.6 Å².